The third-order valence-corrected chi connectivity index (χ3v) is 4.92. The minimum Gasteiger partial charge on any atom is -0.423 e. The molecule has 3 rings (SSSR count). The summed E-state index contributed by atoms with van der Waals surface area (Å²) in [5, 5.41) is 18.9. The second-order valence-electron chi connectivity index (χ2n) is 5.99. The fraction of sp³-hybridized carbons (Fsp3) is 0.100. The van der Waals surface area contributed by atoms with Gasteiger partial charge in [0.15, 0.2) is 0 Å². The lowest BCUT2D eigenvalue weighted by Crippen LogP contribution is -2.31. The van der Waals surface area contributed by atoms with E-state index in [1.807, 2.05) is 36.4 Å². The number of hydrogen-bond acceptors (Lipinski definition) is 3. The summed E-state index contributed by atoms with van der Waals surface area (Å²) in [5.41, 5.74) is 5.88. The zero-order valence-electron chi connectivity index (χ0n) is 14.1. The van der Waals surface area contributed by atoms with Gasteiger partial charge in [-0.25, -0.2) is 0 Å². The predicted octanol–water partition coefficient (Wildman–Crippen LogP) is 4.22. The molecule has 0 bridgehead atoms. The van der Waals surface area contributed by atoms with Crippen LogP contribution in [0.15, 0.2) is 71.2 Å². The number of aryl methyl sites for hydroxylation is 2. The van der Waals surface area contributed by atoms with Crippen LogP contribution in [0.5, 0.6) is 0 Å². The van der Waals surface area contributed by atoms with Gasteiger partial charge in [-0.1, -0.05) is 58.4 Å². The first-order valence-corrected chi connectivity index (χ1v) is 8.85. The molecule has 0 saturated carbocycles. The van der Waals surface area contributed by atoms with Crippen LogP contribution in [0.4, 0.5) is 17.1 Å². The van der Waals surface area contributed by atoms with Gasteiger partial charge < -0.3 is 14.9 Å². The molecule has 0 aromatic heterocycles. The molecule has 3 nitrogen and oxygen atoms in total. The maximum absolute atomic E-state index is 9.47. The van der Waals surface area contributed by atoms with Crippen molar-refractivity contribution in [3.63, 3.8) is 0 Å². The number of hydrogen-bond donors (Lipinski definition) is 2. The number of halogens is 1. The second-order valence-corrected chi connectivity index (χ2v) is 6.84. The summed E-state index contributed by atoms with van der Waals surface area (Å²) in [5.74, 6) is 0. The van der Waals surface area contributed by atoms with Crippen molar-refractivity contribution in [1.82, 2.24) is 0 Å². The molecule has 0 aliphatic rings. The van der Waals surface area contributed by atoms with Gasteiger partial charge in [-0.05, 0) is 54.7 Å². The summed E-state index contributed by atoms with van der Waals surface area (Å²) in [7, 11) is -1.51. The highest BCUT2D eigenvalue weighted by Crippen LogP contribution is 2.38. The third kappa shape index (κ3) is 3.64. The maximum atomic E-state index is 9.47. The lowest BCUT2D eigenvalue weighted by atomic mass is 9.80. The third-order valence-electron chi connectivity index (χ3n) is 4.23. The van der Waals surface area contributed by atoms with Gasteiger partial charge in [0.2, 0.25) is 0 Å². The average molecular weight is 396 g/mol. The van der Waals surface area contributed by atoms with Crippen molar-refractivity contribution in [2.24, 2.45) is 0 Å². The molecule has 0 unspecified atom stereocenters. The molecule has 5 heteroatoms. The molecule has 0 saturated heterocycles. The Morgan fingerprint density at radius 2 is 1.32 bits per heavy atom. The van der Waals surface area contributed by atoms with E-state index in [1.165, 1.54) is 0 Å². The van der Waals surface area contributed by atoms with Crippen molar-refractivity contribution in [3.05, 3.63) is 82.3 Å². The van der Waals surface area contributed by atoms with E-state index in [-0.39, 0.29) is 0 Å². The van der Waals surface area contributed by atoms with Gasteiger partial charge in [-0.15, -0.1) is 0 Å². The standard InChI is InChI=1S/C20H19BBrNO2/c1-14-7-3-5-9-19(14)23(20-10-6-4-8-15(20)2)16-11-12-17(21(24)25)18(22)13-16/h3-13,24-25H,1-2H3. The predicted molar refractivity (Wildman–Crippen MR) is 108 cm³/mol. The quantitative estimate of drug-likeness (QED) is 0.650. The molecule has 0 heterocycles. The number of anilines is 3. The summed E-state index contributed by atoms with van der Waals surface area (Å²) in [6, 6.07) is 22.0. The van der Waals surface area contributed by atoms with Gasteiger partial charge in [0.05, 0.1) is 0 Å². The molecule has 0 amide bonds. The van der Waals surface area contributed by atoms with E-state index in [2.05, 4.69) is 58.9 Å². The number of para-hydroxylation sites is 2. The summed E-state index contributed by atoms with van der Waals surface area (Å²) in [6.07, 6.45) is 0. The summed E-state index contributed by atoms with van der Waals surface area (Å²) >= 11 is 3.45. The van der Waals surface area contributed by atoms with E-state index < -0.39 is 7.12 Å². The first-order chi connectivity index (χ1) is 12.0. The van der Waals surface area contributed by atoms with E-state index in [0.717, 1.165) is 28.2 Å². The summed E-state index contributed by atoms with van der Waals surface area (Å²) in [6.45, 7) is 4.17. The van der Waals surface area contributed by atoms with Gasteiger partial charge in [0.1, 0.15) is 0 Å². The van der Waals surface area contributed by atoms with Crippen LogP contribution in [0.2, 0.25) is 0 Å². The zero-order valence-corrected chi connectivity index (χ0v) is 15.7. The smallest absolute Gasteiger partial charge is 0.423 e. The molecular formula is C20H19BBrNO2. The average Bonchev–Trinajstić information content (AvgIpc) is 2.58. The van der Waals surface area contributed by atoms with Crippen molar-refractivity contribution in [2.45, 2.75) is 13.8 Å². The van der Waals surface area contributed by atoms with E-state index in [0.29, 0.717) is 9.94 Å². The van der Waals surface area contributed by atoms with Gasteiger partial charge in [0, 0.05) is 21.5 Å². The molecule has 0 fully saturated rings. The van der Waals surface area contributed by atoms with Gasteiger partial charge in [0.25, 0.3) is 0 Å². The Kier molecular flexibility index (Phi) is 5.28. The van der Waals surface area contributed by atoms with E-state index in [1.54, 1.807) is 6.07 Å². The number of benzene rings is 3. The van der Waals surface area contributed by atoms with Crippen molar-refractivity contribution in [2.75, 3.05) is 4.90 Å². The summed E-state index contributed by atoms with van der Waals surface area (Å²) in [4.78, 5) is 2.18. The van der Waals surface area contributed by atoms with Crippen LogP contribution in [-0.2, 0) is 0 Å². The molecule has 0 spiro atoms. The van der Waals surface area contributed by atoms with Gasteiger partial charge >= 0.3 is 7.12 Å². The largest absolute Gasteiger partial charge is 0.489 e. The first kappa shape index (κ1) is 17.7. The molecule has 25 heavy (non-hydrogen) atoms. The monoisotopic (exact) mass is 395 g/mol. The van der Waals surface area contributed by atoms with Crippen molar-refractivity contribution < 1.29 is 10.0 Å². The highest BCUT2D eigenvalue weighted by atomic mass is 79.9. The van der Waals surface area contributed by atoms with Gasteiger partial charge in [-0.2, -0.15) is 0 Å². The fourth-order valence-corrected chi connectivity index (χ4v) is 3.47. The van der Waals surface area contributed by atoms with Crippen LogP contribution in [0.25, 0.3) is 0 Å². The van der Waals surface area contributed by atoms with Crippen molar-refractivity contribution in [1.29, 1.82) is 0 Å². The highest BCUT2D eigenvalue weighted by molar-refractivity contribution is 9.10. The van der Waals surface area contributed by atoms with Crippen LogP contribution in [0, 0.1) is 13.8 Å². The molecule has 2 N–H and O–H groups in total. The lowest BCUT2D eigenvalue weighted by molar-refractivity contribution is 0.425. The fourth-order valence-electron chi connectivity index (χ4n) is 2.90. The molecule has 3 aromatic rings. The highest BCUT2D eigenvalue weighted by Gasteiger charge is 2.19. The molecule has 3 aromatic carbocycles. The molecule has 0 radical (unpaired) electrons. The minimum absolute atomic E-state index is 0.443. The Balaban J connectivity index is 2.21. The number of nitrogens with zero attached hydrogens (tertiary/aromatic N) is 1. The number of rotatable bonds is 4. The topological polar surface area (TPSA) is 43.7 Å². The van der Waals surface area contributed by atoms with Crippen molar-refractivity contribution in [3.8, 4) is 0 Å². The van der Waals surface area contributed by atoms with Crippen LogP contribution in [0.1, 0.15) is 11.1 Å². The SMILES string of the molecule is Cc1ccccc1N(c1ccc(B(O)O)c(Br)c1)c1ccccc1C. The lowest BCUT2D eigenvalue weighted by Gasteiger charge is -2.28. The molecular weight excluding hydrogens is 377 g/mol. The molecule has 0 aliphatic carbocycles. The van der Waals surface area contributed by atoms with E-state index >= 15 is 0 Å². The second kappa shape index (κ2) is 7.44. The molecule has 0 aliphatic heterocycles. The van der Waals surface area contributed by atoms with Gasteiger partial charge in [-0.3, -0.25) is 0 Å². The Bertz CT molecular complexity index is 853. The minimum atomic E-state index is -1.51. The van der Waals surface area contributed by atoms with E-state index in [9.17, 15) is 10.0 Å². The van der Waals surface area contributed by atoms with Crippen LogP contribution >= 0.6 is 15.9 Å². The Hall–Kier alpha value is -2.08. The normalized spacial score (nSPS) is 10.6. The Morgan fingerprint density at radius 3 is 1.76 bits per heavy atom. The van der Waals surface area contributed by atoms with E-state index in [4.69, 9.17) is 0 Å². The summed E-state index contributed by atoms with van der Waals surface area (Å²) < 4.78 is 0.659. The Morgan fingerprint density at radius 1 is 0.800 bits per heavy atom. The van der Waals surface area contributed by atoms with Crippen LogP contribution in [-0.4, -0.2) is 17.2 Å². The maximum Gasteiger partial charge on any atom is 0.489 e. The van der Waals surface area contributed by atoms with Crippen LogP contribution in [0.3, 0.4) is 0 Å². The molecule has 0 atom stereocenters. The zero-order chi connectivity index (χ0) is 18.0. The van der Waals surface area contributed by atoms with Crippen molar-refractivity contribution >= 4 is 45.6 Å². The van der Waals surface area contributed by atoms with Crippen LogP contribution < -0.4 is 10.4 Å². The first-order valence-electron chi connectivity index (χ1n) is 8.06. The molecule has 126 valence electrons. The Labute approximate surface area is 156 Å².